The van der Waals surface area contributed by atoms with Crippen molar-refractivity contribution in [1.82, 2.24) is 4.98 Å². The summed E-state index contributed by atoms with van der Waals surface area (Å²) in [6, 6.07) is 3.69. The molecule has 0 aromatic carbocycles. The number of nitrogens with one attached hydrogen (secondary N) is 1. The van der Waals surface area contributed by atoms with Crippen LogP contribution in [0.25, 0.3) is 0 Å². The molecule has 0 saturated carbocycles. The molecule has 0 bridgehead atoms. The molecule has 1 aromatic heterocycles. The Hall–Kier alpha value is -0.840. The minimum absolute atomic E-state index is 0.0330. The third kappa shape index (κ3) is 5.21. The molecule has 0 radical (unpaired) electrons. The summed E-state index contributed by atoms with van der Waals surface area (Å²) in [4.78, 5) is 4.41. The molecule has 1 aromatic rings. The van der Waals surface area contributed by atoms with E-state index in [0.29, 0.717) is 24.8 Å². The van der Waals surface area contributed by atoms with Crippen LogP contribution in [0.5, 0.6) is 0 Å². The maximum absolute atomic E-state index is 6.08. The quantitative estimate of drug-likeness (QED) is 0.790. The fourth-order valence-electron chi connectivity index (χ4n) is 1.42. The van der Waals surface area contributed by atoms with Gasteiger partial charge in [-0.2, -0.15) is 0 Å². The van der Waals surface area contributed by atoms with Gasteiger partial charge in [0.05, 0.1) is 30.0 Å². The lowest BCUT2D eigenvalue weighted by Gasteiger charge is -2.13. The Labute approximate surface area is 114 Å². The molecule has 1 heterocycles. The first-order chi connectivity index (χ1) is 8.67. The van der Waals surface area contributed by atoms with Gasteiger partial charge in [0.1, 0.15) is 5.82 Å². The van der Waals surface area contributed by atoms with Crippen molar-refractivity contribution in [2.24, 2.45) is 0 Å². The van der Waals surface area contributed by atoms with Gasteiger partial charge in [0.25, 0.3) is 0 Å². The van der Waals surface area contributed by atoms with Crippen molar-refractivity contribution >= 4 is 17.4 Å². The summed E-state index contributed by atoms with van der Waals surface area (Å²) in [6.07, 6.45) is 0.0330. The minimum Gasteiger partial charge on any atom is -0.379 e. The first-order valence-electron chi connectivity index (χ1n) is 6.26. The molecule has 1 atom stereocenters. The summed E-state index contributed by atoms with van der Waals surface area (Å²) in [5.74, 6) is 0.818. The number of anilines is 1. The molecule has 0 aliphatic heterocycles. The molecule has 4 nitrogen and oxygen atoms in total. The molecular weight excluding hydrogens is 252 g/mol. The topological polar surface area (TPSA) is 43.4 Å². The van der Waals surface area contributed by atoms with Crippen LogP contribution >= 0.6 is 11.6 Å². The van der Waals surface area contributed by atoms with Crippen LogP contribution in [-0.4, -0.2) is 30.8 Å². The smallest absolute Gasteiger partial charge is 0.126 e. The van der Waals surface area contributed by atoms with Crippen molar-refractivity contribution < 1.29 is 9.47 Å². The fraction of sp³-hybridized carbons (Fsp3) is 0.615. The lowest BCUT2D eigenvalue weighted by molar-refractivity contribution is -0.0126. The van der Waals surface area contributed by atoms with Crippen molar-refractivity contribution in [3.05, 3.63) is 22.8 Å². The number of hydrogen-bond acceptors (Lipinski definition) is 4. The van der Waals surface area contributed by atoms with E-state index in [4.69, 9.17) is 21.1 Å². The van der Waals surface area contributed by atoms with Gasteiger partial charge in [-0.1, -0.05) is 11.6 Å². The Morgan fingerprint density at radius 2 is 2.17 bits per heavy atom. The molecule has 0 fully saturated rings. The van der Waals surface area contributed by atoms with E-state index in [-0.39, 0.29) is 6.10 Å². The standard InChI is InChI=1S/C13H21ClN2O2/c1-4-15-13-7-6-11(14)12(16-13)9-18-10(3)8-17-5-2/h6-7,10H,4-5,8-9H2,1-3H3,(H,15,16). The monoisotopic (exact) mass is 272 g/mol. The molecule has 5 heteroatoms. The number of nitrogens with zero attached hydrogens (tertiary/aromatic N) is 1. The van der Waals surface area contributed by atoms with E-state index < -0.39 is 0 Å². The molecule has 18 heavy (non-hydrogen) atoms. The first kappa shape index (κ1) is 15.2. The molecule has 0 amide bonds. The Morgan fingerprint density at radius 1 is 1.39 bits per heavy atom. The Morgan fingerprint density at radius 3 is 2.83 bits per heavy atom. The van der Waals surface area contributed by atoms with Gasteiger partial charge in [-0.25, -0.2) is 4.98 Å². The average molecular weight is 273 g/mol. The van der Waals surface area contributed by atoms with Gasteiger partial charge >= 0.3 is 0 Å². The second kappa shape index (κ2) is 8.29. The van der Waals surface area contributed by atoms with Crippen molar-refractivity contribution in [3.8, 4) is 0 Å². The Bertz CT molecular complexity index is 361. The van der Waals surface area contributed by atoms with Gasteiger partial charge in [0.15, 0.2) is 0 Å². The van der Waals surface area contributed by atoms with Crippen LogP contribution in [0.1, 0.15) is 26.5 Å². The van der Waals surface area contributed by atoms with Gasteiger partial charge in [0, 0.05) is 13.2 Å². The first-order valence-corrected chi connectivity index (χ1v) is 6.63. The third-order valence-electron chi connectivity index (χ3n) is 2.34. The Balaban J connectivity index is 2.52. The highest BCUT2D eigenvalue weighted by molar-refractivity contribution is 6.31. The van der Waals surface area contributed by atoms with E-state index in [2.05, 4.69) is 10.3 Å². The highest BCUT2D eigenvalue weighted by Gasteiger charge is 2.07. The lowest BCUT2D eigenvalue weighted by Crippen LogP contribution is -2.16. The summed E-state index contributed by atoms with van der Waals surface area (Å²) in [7, 11) is 0. The van der Waals surface area contributed by atoms with Gasteiger partial charge < -0.3 is 14.8 Å². The van der Waals surface area contributed by atoms with Gasteiger partial charge in [0.2, 0.25) is 0 Å². The van der Waals surface area contributed by atoms with E-state index in [1.54, 1.807) is 0 Å². The molecular formula is C13H21ClN2O2. The number of ether oxygens (including phenoxy) is 2. The minimum atomic E-state index is 0.0330. The van der Waals surface area contributed by atoms with Crippen LogP contribution in [0.3, 0.4) is 0 Å². The largest absolute Gasteiger partial charge is 0.379 e. The van der Waals surface area contributed by atoms with Gasteiger partial charge in [-0.15, -0.1) is 0 Å². The van der Waals surface area contributed by atoms with E-state index in [9.17, 15) is 0 Å². The number of rotatable bonds is 8. The number of pyridine rings is 1. The SMILES string of the molecule is CCNc1ccc(Cl)c(COC(C)COCC)n1. The Kier molecular flexibility index (Phi) is 7.01. The fourth-order valence-corrected chi connectivity index (χ4v) is 1.58. The van der Waals surface area contributed by atoms with E-state index in [1.165, 1.54) is 0 Å². The van der Waals surface area contributed by atoms with Crippen LogP contribution in [0.2, 0.25) is 5.02 Å². The number of halogens is 1. The summed E-state index contributed by atoms with van der Waals surface area (Å²) in [5, 5.41) is 3.77. The van der Waals surface area contributed by atoms with Crippen molar-refractivity contribution in [3.63, 3.8) is 0 Å². The maximum Gasteiger partial charge on any atom is 0.126 e. The number of hydrogen-bond donors (Lipinski definition) is 1. The summed E-state index contributed by atoms with van der Waals surface area (Å²) in [5.41, 5.74) is 0.749. The third-order valence-corrected chi connectivity index (χ3v) is 2.68. The van der Waals surface area contributed by atoms with Gasteiger partial charge in [-0.3, -0.25) is 0 Å². The maximum atomic E-state index is 6.08. The zero-order valence-electron chi connectivity index (χ0n) is 11.2. The van der Waals surface area contributed by atoms with Crippen molar-refractivity contribution in [1.29, 1.82) is 0 Å². The summed E-state index contributed by atoms with van der Waals surface area (Å²) < 4.78 is 10.9. The van der Waals surface area contributed by atoms with Crippen LogP contribution in [-0.2, 0) is 16.1 Å². The van der Waals surface area contributed by atoms with Crippen LogP contribution in [0.15, 0.2) is 12.1 Å². The molecule has 0 saturated heterocycles. The van der Waals surface area contributed by atoms with E-state index in [1.807, 2.05) is 32.9 Å². The zero-order chi connectivity index (χ0) is 13.4. The predicted molar refractivity (Wildman–Crippen MR) is 74.2 cm³/mol. The molecule has 0 aliphatic carbocycles. The molecule has 102 valence electrons. The molecule has 0 spiro atoms. The van der Waals surface area contributed by atoms with Gasteiger partial charge in [-0.05, 0) is 32.9 Å². The van der Waals surface area contributed by atoms with Crippen LogP contribution < -0.4 is 5.32 Å². The zero-order valence-corrected chi connectivity index (χ0v) is 12.0. The van der Waals surface area contributed by atoms with E-state index >= 15 is 0 Å². The highest BCUT2D eigenvalue weighted by Crippen LogP contribution is 2.18. The number of aromatic nitrogens is 1. The molecule has 0 aliphatic rings. The van der Waals surface area contributed by atoms with E-state index in [0.717, 1.165) is 18.1 Å². The second-order valence-corrected chi connectivity index (χ2v) is 4.34. The average Bonchev–Trinajstić information content (AvgIpc) is 2.37. The molecule has 1 rings (SSSR count). The predicted octanol–water partition coefficient (Wildman–Crippen LogP) is 3.11. The van der Waals surface area contributed by atoms with Crippen molar-refractivity contribution in [2.75, 3.05) is 25.1 Å². The highest BCUT2D eigenvalue weighted by atomic mass is 35.5. The molecule has 1 N–H and O–H groups in total. The normalized spacial score (nSPS) is 12.4. The van der Waals surface area contributed by atoms with Crippen molar-refractivity contribution in [2.45, 2.75) is 33.5 Å². The second-order valence-electron chi connectivity index (χ2n) is 3.94. The van der Waals surface area contributed by atoms with Crippen LogP contribution in [0, 0.1) is 0 Å². The van der Waals surface area contributed by atoms with Crippen LogP contribution in [0.4, 0.5) is 5.82 Å². The molecule has 1 unspecified atom stereocenters. The summed E-state index contributed by atoms with van der Waals surface area (Å²) >= 11 is 6.08. The summed E-state index contributed by atoms with van der Waals surface area (Å²) in [6.45, 7) is 8.46. The lowest BCUT2D eigenvalue weighted by atomic mass is 10.3.